The topological polar surface area (TPSA) is 84.5 Å². The second-order valence-electron chi connectivity index (χ2n) is 3.45. The van der Waals surface area contributed by atoms with Crippen molar-refractivity contribution >= 4 is 17.9 Å². The van der Waals surface area contributed by atoms with Crippen LogP contribution < -0.4 is 5.43 Å². The minimum absolute atomic E-state index is 0.258. The van der Waals surface area contributed by atoms with Gasteiger partial charge >= 0.3 is 0 Å². The number of rotatable bonds is 0. The van der Waals surface area contributed by atoms with Crippen LogP contribution in [-0.2, 0) is 6.42 Å². The first kappa shape index (κ1) is 8.96. The number of carbonyl (C=O) groups excluding carboxylic acids is 1. The molecule has 0 saturated heterocycles. The largest absolute Gasteiger partial charge is 0.275 e. The van der Waals surface area contributed by atoms with Crippen LogP contribution >= 0.6 is 0 Å². The Balaban J connectivity index is 2.42. The first-order chi connectivity index (χ1) is 7.77. The quantitative estimate of drug-likeness (QED) is 0.655. The Morgan fingerprint density at radius 1 is 1.50 bits per heavy atom. The van der Waals surface area contributed by atoms with Gasteiger partial charge in [-0.05, 0) is 6.92 Å². The van der Waals surface area contributed by atoms with E-state index in [0.717, 1.165) is 5.69 Å². The van der Waals surface area contributed by atoms with Gasteiger partial charge in [0.15, 0.2) is 0 Å². The molecule has 0 bridgehead atoms. The van der Waals surface area contributed by atoms with Gasteiger partial charge < -0.3 is 0 Å². The standard InChI is InChI=1S/C9H8N6O/c1-5-7-6(2-3-11-14-8(7)16)15-9(13-5)10-4-12-15/h3-4H,2H2,1H3,(H,14,16). The Hall–Kier alpha value is -2.31. The SMILES string of the molecule is Cc1nc2ncnn2c2c1C(=O)NN=CC2. The summed E-state index contributed by atoms with van der Waals surface area (Å²) in [6.07, 6.45) is 3.57. The van der Waals surface area contributed by atoms with Crippen LogP contribution in [0.2, 0.25) is 0 Å². The van der Waals surface area contributed by atoms with Crippen molar-refractivity contribution < 1.29 is 4.79 Å². The highest BCUT2D eigenvalue weighted by atomic mass is 16.2. The number of nitrogens with zero attached hydrogens (tertiary/aromatic N) is 5. The maximum Gasteiger partial charge on any atom is 0.275 e. The van der Waals surface area contributed by atoms with Crippen molar-refractivity contribution in [2.24, 2.45) is 5.10 Å². The van der Waals surface area contributed by atoms with Gasteiger partial charge in [-0.25, -0.2) is 14.9 Å². The fourth-order valence-electron chi connectivity index (χ4n) is 1.80. The number of aryl methyl sites for hydroxylation is 1. The van der Waals surface area contributed by atoms with Crippen LogP contribution in [0.15, 0.2) is 11.4 Å². The molecule has 80 valence electrons. The number of fused-ring (bicyclic) bond motifs is 3. The minimum Gasteiger partial charge on any atom is -0.267 e. The molecule has 16 heavy (non-hydrogen) atoms. The van der Waals surface area contributed by atoms with Crippen LogP contribution in [0.25, 0.3) is 5.78 Å². The number of carbonyl (C=O) groups is 1. The van der Waals surface area contributed by atoms with Crippen LogP contribution in [0.1, 0.15) is 21.7 Å². The third-order valence-corrected chi connectivity index (χ3v) is 2.47. The summed E-state index contributed by atoms with van der Waals surface area (Å²) in [6, 6.07) is 0. The molecule has 1 aliphatic rings. The van der Waals surface area contributed by atoms with Gasteiger partial charge in [0, 0.05) is 12.6 Å². The van der Waals surface area contributed by atoms with Gasteiger partial charge in [-0.3, -0.25) is 4.79 Å². The molecule has 7 nitrogen and oxygen atoms in total. The van der Waals surface area contributed by atoms with Gasteiger partial charge in [-0.15, -0.1) is 0 Å². The molecule has 3 heterocycles. The van der Waals surface area contributed by atoms with E-state index in [9.17, 15) is 4.79 Å². The average Bonchev–Trinajstić information content (AvgIpc) is 2.62. The number of amides is 1. The zero-order chi connectivity index (χ0) is 11.1. The van der Waals surface area contributed by atoms with E-state index in [1.54, 1.807) is 17.7 Å². The molecule has 2 aromatic rings. The number of hydrogen-bond donors (Lipinski definition) is 1. The van der Waals surface area contributed by atoms with E-state index in [2.05, 4.69) is 25.6 Å². The molecule has 0 saturated carbocycles. The lowest BCUT2D eigenvalue weighted by molar-refractivity contribution is 0.0953. The highest BCUT2D eigenvalue weighted by molar-refractivity contribution is 5.98. The maximum absolute atomic E-state index is 11.8. The van der Waals surface area contributed by atoms with E-state index in [1.165, 1.54) is 6.33 Å². The summed E-state index contributed by atoms with van der Waals surface area (Å²) >= 11 is 0. The summed E-state index contributed by atoms with van der Waals surface area (Å²) in [6.45, 7) is 1.78. The summed E-state index contributed by atoms with van der Waals surface area (Å²) < 4.78 is 1.57. The molecule has 0 radical (unpaired) electrons. The number of hydrogen-bond acceptors (Lipinski definition) is 5. The van der Waals surface area contributed by atoms with Crippen LogP contribution in [0.5, 0.6) is 0 Å². The summed E-state index contributed by atoms with van der Waals surface area (Å²) in [5.41, 5.74) is 4.35. The maximum atomic E-state index is 11.8. The van der Waals surface area contributed by atoms with E-state index >= 15 is 0 Å². The fraction of sp³-hybridized carbons (Fsp3) is 0.222. The smallest absolute Gasteiger partial charge is 0.267 e. The van der Waals surface area contributed by atoms with Crippen molar-refractivity contribution in [3.63, 3.8) is 0 Å². The first-order valence-corrected chi connectivity index (χ1v) is 4.78. The summed E-state index contributed by atoms with van der Waals surface area (Å²) in [7, 11) is 0. The Morgan fingerprint density at radius 3 is 3.25 bits per heavy atom. The van der Waals surface area contributed by atoms with Crippen molar-refractivity contribution in [3.8, 4) is 0 Å². The molecular formula is C9H8N6O. The molecule has 2 aromatic heterocycles. The molecule has 1 N–H and O–H groups in total. The molecule has 0 unspecified atom stereocenters. The molecule has 0 spiro atoms. The van der Waals surface area contributed by atoms with Crippen LogP contribution in [-0.4, -0.2) is 31.7 Å². The Bertz CT molecular complexity index is 614. The number of nitrogens with one attached hydrogen (secondary N) is 1. The van der Waals surface area contributed by atoms with Gasteiger partial charge in [-0.1, -0.05) is 0 Å². The predicted molar refractivity (Wildman–Crippen MR) is 55.2 cm³/mol. The molecule has 1 amide bonds. The third-order valence-electron chi connectivity index (χ3n) is 2.47. The third kappa shape index (κ3) is 1.11. The van der Waals surface area contributed by atoms with E-state index in [4.69, 9.17) is 0 Å². The van der Waals surface area contributed by atoms with Gasteiger partial charge in [0.05, 0.1) is 17.0 Å². The second-order valence-corrected chi connectivity index (χ2v) is 3.45. The number of hydrazone groups is 1. The van der Waals surface area contributed by atoms with Gasteiger partial charge in [0.25, 0.3) is 11.7 Å². The number of aromatic nitrogens is 4. The first-order valence-electron chi connectivity index (χ1n) is 4.78. The van der Waals surface area contributed by atoms with Crippen molar-refractivity contribution in [1.82, 2.24) is 25.0 Å². The molecule has 0 fully saturated rings. The molecule has 7 heteroatoms. The van der Waals surface area contributed by atoms with Crippen LogP contribution in [0.3, 0.4) is 0 Å². The normalized spacial score (nSPS) is 14.7. The van der Waals surface area contributed by atoms with Gasteiger partial charge in [-0.2, -0.15) is 15.2 Å². The van der Waals surface area contributed by atoms with E-state index in [-0.39, 0.29) is 5.91 Å². The van der Waals surface area contributed by atoms with E-state index < -0.39 is 0 Å². The van der Waals surface area contributed by atoms with Crippen LogP contribution in [0, 0.1) is 6.92 Å². The zero-order valence-corrected chi connectivity index (χ0v) is 8.51. The highest BCUT2D eigenvalue weighted by Crippen LogP contribution is 2.15. The van der Waals surface area contributed by atoms with Crippen molar-refractivity contribution in [1.29, 1.82) is 0 Å². The lowest BCUT2D eigenvalue weighted by Gasteiger charge is -2.07. The average molecular weight is 216 g/mol. The molecule has 1 aliphatic heterocycles. The van der Waals surface area contributed by atoms with Gasteiger partial charge in [0.2, 0.25) is 0 Å². The monoisotopic (exact) mass is 216 g/mol. The summed E-state index contributed by atoms with van der Waals surface area (Å²) in [5.74, 6) is 0.241. The molecule has 0 aromatic carbocycles. The summed E-state index contributed by atoms with van der Waals surface area (Å²) in [4.78, 5) is 20.0. The Kier molecular flexibility index (Phi) is 1.73. The predicted octanol–water partition coefficient (Wildman–Crippen LogP) is -0.296. The minimum atomic E-state index is -0.258. The molecule has 3 rings (SSSR count). The molecular weight excluding hydrogens is 208 g/mol. The Morgan fingerprint density at radius 2 is 2.38 bits per heavy atom. The Labute approximate surface area is 90.2 Å². The van der Waals surface area contributed by atoms with E-state index in [1.807, 2.05) is 0 Å². The molecule has 0 aliphatic carbocycles. The van der Waals surface area contributed by atoms with Gasteiger partial charge in [0.1, 0.15) is 6.33 Å². The van der Waals surface area contributed by atoms with Crippen molar-refractivity contribution in [2.45, 2.75) is 13.3 Å². The fourth-order valence-corrected chi connectivity index (χ4v) is 1.80. The zero-order valence-electron chi connectivity index (χ0n) is 8.51. The van der Waals surface area contributed by atoms with E-state index in [0.29, 0.717) is 23.5 Å². The van der Waals surface area contributed by atoms with Crippen molar-refractivity contribution in [2.75, 3.05) is 0 Å². The highest BCUT2D eigenvalue weighted by Gasteiger charge is 2.21. The lowest BCUT2D eigenvalue weighted by Crippen LogP contribution is -2.20. The lowest BCUT2D eigenvalue weighted by atomic mass is 10.1. The second kappa shape index (κ2) is 3.09. The van der Waals surface area contributed by atoms with Crippen LogP contribution in [0.4, 0.5) is 0 Å². The molecule has 0 atom stereocenters. The van der Waals surface area contributed by atoms with Crippen molar-refractivity contribution in [3.05, 3.63) is 23.3 Å². The summed E-state index contributed by atoms with van der Waals surface area (Å²) in [5, 5.41) is 7.84.